The van der Waals surface area contributed by atoms with E-state index in [0.717, 1.165) is 6.08 Å². The van der Waals surface area contributed by atoms with Gasteiger partial charge in [0.2, 0.25) is 5.91 Å². The topological polar surface area (TPSA) is 522 Å². The number of aliphatic hydroxyl groups excluding tert-OH is 17. The second-order valence-corrected chi connectivity index (χ2v) is 22.0. The molecule has 19 N–H and O–H groups in total. The largest absolute Gasteiger partial charge is 0.444 e. The lowest BCUT2D eigenvalue weighted by atomic mass is 9.93. The first kappa shape index (κ1) is 66.5. The monoisotopic (exact) mass is 1220 g/mol. The molecule has 0 unspecified atom stereocenters. The molecule has 22 saturated heterocycles. The molecule has 478 valence electrons. The van der Waals surface area contributed by atoms with Crippen molar-refractivity contribution in [3.8, 4) is 0 Å². The van der Waals surface area contributed by atoms with Crippen LogP contribution in [0.3, 0.4) is 0 Å². The molecule has 0 aromatic heterocycles. The Morgan fingerprint density at radius 3 is 0.976 bits per heavy atom. The molecule has 22 heterocycles. The summed E-state index contributed by atoms with van der Waals surface area (Å²) in [5.41, 5.74) is -0.0406. The van der Waals surface area contributed by atoms with Gasteiger partial charge in [-0.1, -0.05) is 12.1 Å². The van der Waals surface area contributed by atoms with Crippen molar-refractivity contribution in [1.82, 2.24) is 5.32 Å². The number of benzene rings is 1. The van der Waals surface area contributed by atoms with Gasteiger partial charge in [-0.05, 0) is 44.5 Å². The Labute approximate surface area is 477 Å². The Hall–Kier alpha value is -3.46. The fourth-order valence-corrected chi connectivity index (χ4v) is 10.6. The van der Waals surface area contributed by atoms with Crippen LogP contribution < -0.4 is 10.6 Å². The predicted molar refractivity (Wildman–Crippen MR) is 267 cm³/mol. The second kappa shape index (κ2) is 28.4. The zero-order valence-electron chi connectivity index (χ0n) is 45.3. The summed E-state index contributed by atoms with van der Waals surface area (Å²) in [4.78, 5) is 26.2. The van der Waals surface area contributed by atoms with Crippen molar-refractivity contribution in [2.45, 2.75) is 211 Å². The maximum absolute atomic E-state index is 13.9. The van der Waals surface area contributed by atoms with Crippen molar-refractivity contribution in [1.29, 1.82) is 0 Å². The normalized spacial score (nSPS) is 46.1. The van der Waals surface area contributed by atoms with E-state index in [0.29, 0.717) is 11.3 Å². The van der Waals surface area contributed by atoms with Gasteiger partial charge in [-0.2, -0.15) is 0 Å². The maximum Gasteiger partial charge on any atom is 0.412 e. The molecule has 2 amide bonds. The molecule has 1 aromatic carbocycles. The SMILES string of the molecule is CC(C)(C)OC(=O)Nc1ccc(/C=C\C(=O)N[C@@H]2[C@@H](O)[C@H]3O[C@H]4[C@H](O)[C@@H](O)[C@@H](O[C@H]5[C@H](O)[C@@H](O)[C@@H](O[C@H]6[C@H](O)[C@@H](O)[C@@H](O[C@H]7[C@H](O)[C@@H](O)[C@@H](O[C@H]8[C@H](O)[C@@H](O)[C@@H](O[C@@H]2[C@@H](CO)O3)O[C@@H]8CO)O[C@@H]7CO)O[C@@H]6CO)O[C@@H]5CO)O[C@@H]4CO)cc1. The van der Waals surface area contributed by atoms with Gasteiger partial charge in [0.25, 0.3) is 0 Å². The molecule has 22 aliphatic heterocycles. The van der Waals surface area contributed by atoms with Crippen LogP contribution in [-0.2, 0) is 66.4 Å². The van der Waals surface area contributed by atoms with Crippen LogP contribution in [0.4, 0.5) is 10.5 Å². The van der Waals surface area contributed by atoms with Gasteiger partial charge < -0.3 is 154 Å². The Kier molecular flexibility index (Phi) is 22.4. The highest BCUT2D eigenvalue weighted by molar-refractivity contribution is 5.92. The molecule has 0 spiro atoms. The average molecular weight is 1220 g/mol. The van der Waals surface area contributed by atoms with Crippen LogP contribution in [0, 0.1) is 0 Å². The van der Waals surface area contributed by atoms with Crippen molar-refractivity contribution in [2.75, 3.05) is 45.0 Å². The van der Waals surface area contributed by atoms with Gasteiger partial charge in [0.15, 0.2) is 37.7 Å². The first-order chi connectivity index (χ1) is 39.8. The number of rotatable bonds is 10. The van der Waals surface area contributed by atoms with E-state index in [4.69, 9.17) is 61.6 Å². The molecular formula is C50H76N2O32. The minimum atomic E-state index is -2.23. The molecule has 84 heavy (non-hydrogen) atoms. The Morgan fingerprint density at radius 1 is 0.417 bits per heavy atom. The fourth-order valence-electron chi connectivity index (χ4n) is 10.6. The van der Waals surface area contributed by atoms with Crippen molar-refractivity contribution in [3.05, 3.63) is 35.9 Å². The van der Waals surface area contributed by atoms with Gasteiger partial charge in [0.1, 0.15) is 146 Å². The summed E-state index contributed by atoms with van der Waals surface area (Å²) >= 11 is 0. The Bertz CT molecular complexity index is 2290. The molecule has 1 aromatic rings. The smallest absolute Gasteiger partial charge is 0.412 e. The number of hydrogen-bond acceptors (Lipinski definition) is 32. The van der Waals surface area contributed by atoms with Crippen LogP contribution in [-0.4, -0.2) is 328 Å². The number of ether oxygens (including phenoxy) is 13. The summed E-state index contributed by atoms with van der Waals surface area (Å²) in [5.74, 6) is -0.974. The van der Waals surface area contributed by atoms with Crippen LogP contribution in [0.1, 0.15) is 26.3 Å². The zero-order chi connectivity index (χ0) is 61.2. The third kappa shape index (κ3) is 14.5. The van der Waals surface area contributed by atoms with Crippen molar-refractivity contribution < 1.29 is 158 Å². The highest BCUT2D eigenvalue weighted by Gasteiger charge is 2.59. The summed E-state index contributed by atoms with van der Waals surface area (Å²) in [6.07, 6.45) is -56.4. The van der Waals surface area contributed by atoms with Crippen molar-refractivity contribution >= 4 is 23.8 Å². The van der Waals surface area contributed by atoms with Crippen LogP contribution >= 0.6 is 0 Å². The Morgan fingerprint density at radius 2 is 0.690 bits per heavy atom. The molecule has 30 atom stereocenters. The molecule has 34 heteroatoms. The molecule has 0 radical (unpaired) electrons. The molecule has 22 fully saturated rings. The van der Waals surface area contributed by atoms with E-state index in [1.807, 2.05) is 0 Å². The van der Waals surface area contributed by atoms with E-state index in [1.165, 1.54) is 30.3 Å². The second-order valence-electron chi connectivity index (χ2n) is 22.0. The van der Waals surface area contributed by atoms with Gasteiger partial charge in [0.05, 0.1) is 45.7 Å². The van der Waals surface area contributed by atoms with Gasteiger partial charge in [-0.3, -0.25) is 10.1 Å². The number of carbonyl (C=O) groups excluding carboxylic acids is 2. The van der Waals surface area contributed by atoms with Gasteiger partial charge in [-0.15, -0.1) is 0 Å². The Balaban J connectivity index is 1.10. The standard InChI is InChI=1S/C50H76N2O32/c1-50(2,3)84-49(71)51-17-7-4-16(5-8-17)6-9-24(59)52-25-26(60)43-72-18(10-53)37(25)78-44-32(66)27(61)39(20(12-55)73-44)80-46-34(68)29(63)41(22(14-57)75-46)82-48-36(70)31(65)42(23(15-58)77-48)83-47-35(69)30(64)40(21(13-56)76-47)81-45-33(67)28(62)38(79-43)19(11-54)74-45/h4-9,18-23,25-48,53-58,60-70H,10-15H2,1-3H3,(H,51,71)(H,52,59)/b9-6-/t18-,19-,20-,21-,22-,23-,25-,26-,27-,28-,29-,30-,31-,32-,33-,34-,35-,36-,37-,38-,39-,40-,41-,42-,43-,44-,45-,46-,47-,48-/m1/s1. The predicted octanol–water partition coefficient (Wildman–Crippen LogP) is -9.87. The number of carbonyl (C=O) groups is 2. The number of hydrogen-bond donors (Lipinski definition) is 19. The zero-order valence-corrected chi connectivity index (χ0v) is 45.3. The number of amides is 2. The van der Waals surface area contributed by atoms with Gasteiger partial charge >= 0.3 is 6.09 Å². The lowest BCUT2D eigenvalue weighted by Gasteiger charge is -2.51. The minimum Gasteiger partial charge on any atom is -0.444 e. The highest BCUT2D eigenvalue weighted by atomic mass is 16.8. The quantitative estimate of drug-likeness (QED) is 0.0967. The number of anilines is 1. The van der Waals surface area contributed by atoms with Crippen molar-refractivity contribution in [3.63, 3.8) is 0 Å². The first-order valence-electron chi connectivity index (χ1n) is 26.9. The van der Waals surface area contributed by atoms with Crippen molar-refractivity contribution in [2.24, 2.45) is 0 Å². The number of aliphatic hydroxyl groups is 17. The average Bonchev–Trinajstić information content (AvgIpc) is 1.70. The molecule has 0 saturated carbocycles. The third-order valence-electron chi connectivity index (χ3n) is 15.0. The highest BCUT2D eigenvalue weighted by Crippen LogP contribution is 2.38. The molecular weight excluding hydrogens is 1140 g/mol. The molecule has 22 aliphatic rings. The lowest BCUT2D eigenvalue weighted by Crippen LogP contribution is -2.70. The summed E-state index contributed by atoms with van der Waals surface area (Å²) in [6.45, 7) is -1.21. The third-order valence-corrected chi connectivity index (χ3v) is 15.0. The maximum atomic E-state index is 13.9. The van der Waals surface area contributed by atoms with Crippen LogP contribution in [0.5, 0.6) is 0 Å². The van der Waals surface area contributed by atoms with E-state index in [9.17, 15) is 96.4 Å². The van der Waals surface area contributed by atoms with E-state index in [1.54, 1.807) is 20.8 Å². The minimum absolute atomic E-state index is 0.338. The van der Waals surface area contributed by atoms with Crippen LogP contribution in [0.15, 0.2) is 30.3 Å². The summed E-state index contributed by atoms with van der Waals surface area (Å²) < 4.78 is 75.0. The summed E-state index contributed by atoms with van der Waals surface area (Å²) in [7, 11) is 0. The first-order valence-corrected chi connectivity index (χ1v) is 26.9. The van der Waals surface area contributed by atoms with Crippen LogP contribution in [0.25, 0.3) is 6.08 Å². The molecule has 12 bridgehead atoms. The lowest BCUT2D eigenvalue weighted by molar-refractivity contribution is -0.401. The summed E-state index contributed by atoms with van der Waals surface area (Å²) in [6, 6.07) is 4.22. The van der Waals surface area contributed by atoms with Gasteiger partial charge in [0, 0.05) is 11.8 Å². The van der Waals surface area contributed by atoms with Gasteiger partial charge in [-0.25, -0.2) is 4.79 Å². The summed E-state index contributed by atoms with van der Waals surface area (Å²) in [5, 5.41) is 195. The number of nitrogens with one attached hydrogen (secondary N) is 2. The molecule has 34 nitrogen and oxygen atoms in total. The van der Waals surface area contributed by atoms with E-state index < -0.39 is 241 Å². The molecule has 0 aliphatic carbocycles. The fraction of sp³-hybridized carbons (Fsp3) is 0.800. The molecule has 23 rings (SSSR count). The van der Waals surface area contributed by atoms with E-state index in [-0.39, 0.29) is 0 Å². The van der Waals surface area contributed by atoms with Crippen LogP contribution in [0.2, 0.25) is 0 Å². The van der Waals surface area contributed by atoms with E-state index in [2.05, 4.69) is 10.6 Å². The van der Waals surface area contributed by atoms with E-state index >= 15 is 0 Å².